The van der Waals surface area contributed by atoms with E-state index >= 15 is 0 Å². The van der Waals surface area contributed by atoms with Crippen molar-refractivity contribution in [3.63, 3.8) is 0 Å². The second-order valence-corrected chi connectivity index (χ2v) is 5.72. The summed E-state index contributed by atoms with van der Waals surface area (Å²) in [5.41, 5.74) is 0.845. The van der Waals surface area contributed by atoms with Gasteiger partial charge in [-0.3, -0.25) is 10.1 Å². The summed E-state index contributed by atoms with van der Waals surface area (Å²) >= 11 is 4.54. The van der Waals surface area contributed by atoms with E-state index < -0.39 is 4.92 Å². The minimum atomic E-state index is -0.413. The SMILES string of the molecule is O=[N+]([O-])c1ccccc1SCc1cc(F)cc(Br)c1. The van der Waals surface area contributed by atoms with Crippen LogP contribution in [0.15, 0.2) is 51.8 Å². The number of thioether (sulfide) groups is 1. The molecule has 0 saturated heterocycles. The van der Waals surface area contributed by atoms with Crippen LogP contribution in [0.3, 0.4) is 0 Å². The molecule has 0 aromatic heterocycles. The molecule has 0 aliphatic heterocycles. The molecule has 6 heteroatoms. The number of nitro groups is 1. The quantitative estimate of drug-likeness (QED) is 0.456. The molecule has 19 heavy (non-hydrogen) atoms. The van der Waals surface area contributed by atoms with Gasteiger partial charge in [0.25, 0.3) is 5.69 Å². The van der Waals surface area contributed by atoms with E-state index in [0.29, 0.717) is 15.1 Å². The van der Waals surface area contributed by atoms with Gasteiger partial charge in [-0.2, -0.15) is 0 Å². The number of halogens is 2. The first kappa shape index (κ1) is 14.0. The summed E-state index contributed by atoms with van der Waals surface area (Å²) in [6.45, 7) is 0. The number of benzene rings is 2. The molecule has 2 aromatic rings. The average Bonchev–Trinajstić information content (AvgIpc) is 2.35. The van der Waals surface area contributed by atoms with Crippen molar-refractivity contribution in [1.82, 2.24) is 0 Å². The first-order valence-corrected chi connectivity index (χ1v) is 7.15. The Bertz CT molecular complexity index is 601. The van der Waals surface area contributed by atoms with Gasteiger partial charge in [0.15, 0.2) is 0 Å². The second-order valence-electron chi connectivity index (χ2n) is 3.79. The van der Waals surface area contributed by atoms with Gasteiger partial charge in [-0.15, -0.1) is 11.8 Å². The molecule has 0 atom stereocenters. The summed E-state index contributed by atoms with van der Waals surface area (Å²) in [4.78, 5) is 11.0. The van der Waals surface area contributed by atoms with Crippen molar-refractivity contribution in [2.45, 2.75) is 10.6 Å². The van der Waals surface area contributed by atoms with E-state index in [9.17, 15) is 14.5 Å². The largest absolute Gasteiger partial charge is 0.282 e. The fourth-order valence-electron chi connectivity index (χ4n) is 1.59. The summed E-state index contributed by atoms with van der Waals surface area (Å²) in [5, 5.41) is 10.9. The van der Waals surface area contributed by atoms with E-state index in [1.807, 2.05) is 0 Å². The molecule has 0 aliphatic carbocycles. The minimum Gasteiger partial charge on any atom is -0.258 e. The highest BCUT2D eigenvalue weighted by molar-refractivity contribution is 9.10. The third-order valence-electron chi connectivity index (χ3n) is 2.38. The lowest BCUT2D eigenvalue weighted by molar-refractivity contribution is -0.387. The molecule has 0 spiro atoms. The zero-order valence-corrected chi connectivity index (χ0v) is 12.1. The van der Waals surface area contributed by atoms with Crippen molar-refractivity contribution < 1.29 is 9.31 Å². The van der Waals surface area contributed by atoms with Crippen LogP contribution >= 0.6 is 27.7 Å². The van der Waals surface area contributed by atoms with E-state index in [-0.39, 0.29) is 11.5 Å². The van der Waals surface area contributed by atoms with Crippen LogP contribution in [0.5, 0.6) is 0 Å². The Labute approximate surface area is 122 Å². The maximum Gasteiger partial charge on any atom is 0.282 e. The molecule has 2 rings (SSSR count). The first-order chi connectivity index (χ1) is 9.06. The summed E-state index contributed by atoms with van der Waals surface area (Å²) in [6.07, 6.45) is 0. The first-order valence-electron chi connectivity index (χ1n) is 5.37. The van der Waals surface area contributed by atoms with E-state index in [4.69, 9.17) is 0 Å². The molecule has 2 aromatic carbocycles. The Balaban J connectivity index is 2.16. The van der Waals surface area contributed by atoms with Gasteiger partial charge in [0.2, 0.25) is 0 Å². The molecule has 0 bridgehead atoms. The Kier molecular flexibility index (Phi) is 4.55. The van der Waals surface area contributed by atoms with Gasteiger partial charge in [-0.05, 0) is 29.8 Å². The normalized spacial score (nSPS) is 10.4. The van der Waals surface area contributed by atoms with Crippen LogP contribution in [0.25, 0.3) is 0 Å². The van der Waals surface area contributed by atoms with Crippen molar-refractivity contribution in [1.29, 1.82) is 0 Å². The molecule has 0 aliphatic rings. The van der Waals surface area contributed by atoms with Crippen LogP contribution < -0.4 is 0 Å². The molecule has 0 fully saturated rings. The van der Waals surface area contributed by atoms with Crippen molar-refractivity contribution in [2.24, 2.45) is 0 Å². The summed E-state index contributed by atoms with van der Waals surface area (Å²) < 4.78 is 13.9. The van der Waals surface area contributed by atoms with E-state index in [1.165, 1.54) is 30.0 Å². The molecule has 0 unspecified atom stereocenters. The molecular formula is C13H9BrFNO2S. The van der Waals surface area contributed by atoms with Gasteiger partial charge in [-0.25, -0.2) is 4.39 Å². The smallest absolute Gasteiger partial charge is 0.258 e. The maximum atomic E-state index is 13.2. The van der Waals surface area contributed by atoms with Gasteiger partial charge >= 0.3 is 0 Å². The molecule has 0 saturated carbocycles. The van der Waals surface area contributed by atoms with Gasteiger partial charge in [-0.1, -0.05) is 28.1 Å². The van der Waals surface area contributed by atoms with Crippen LogP contribution in [-0.2, 0) is 5.75 Å². The summed E-state index contributed by atoms with van der Waals surface area (Å²) in [7, 11) is 0. The number of hydrogen-bond donors (Lipinski definition) is 0. The molecule has 3 nitrogen and oxygen atoms in total. The number of nitrogens with zero attached hydrogens (tertiary/aromatic N) is 1. The molecular weight excluding hydrogens is 333 g/mol. The third-order valence-corrected chi connectivity index (χ3v) is 3.97. The highest BCUT2D eigenvalue weighted by atomic mass is 79.9. The standard InChI is InChI=1S/C13H9BrFNO2S/c14-10-5-9(6-11(15)7-10)8-19-13-4-2-1-3-12(13)16(17)18/h1-7H,8H2. The minimum absolute atomic E-state index is 0.0722. The lowest BCUT2D eigenvalue weighted by Gasteiger charge is -2.04. The zero-order chi connectivity index (χ0) is 13.8. The Morgan fingerprint density at radius 2 is 2.00 bits per heavy atom. The number of nitro benzene ring substituents is 1. The van der Waals surface area contributed by atoms with Crippen LogP contribution in [0.2, 0.25) is 0 Å². The molecule has 0 heterocycles. The number of para-hydroxylation sites is 1. The highest BCUT2D eigenvalue weighted by Gasteiger charge is 2.12. The highest BCUT2D eigenvalue weighted by Crippen LogP contribution is 2.31. The van der Waals surface area contributed by atoms with Gasteiger partial charge in [0, 0.05) is 16.3 Å². The van der Waals surface area contributed by atoms with E-state index in [0.717, 1.165) is 5.56 Å². The van der Waals surface area contributed by atoms with E-state index in [2.05, 4.69) is 15.9 Å². The molecule has 98 valence electrons. The van der Waals surface area contributed by atoms with Gasteiger partial charge in [0.1, 0.15) is 5.82 Å². The van der Waals surface area contributed by atoms with Crippen LogP contribution in [-0.4, -0.2) is 4.92 Å². The van der Waals surface area contributed by atoms with Crippen molar-refractivity contribution >= 4 is 33.4 Å². The summed E-state index contributed by atoms with van der Waals surface area (Å²) in [5.74, 6) is 0.147. The molecule has 0 amide bonds. The third kappa shape index (κ3) is 3.78. The fraction of sp³-hybridized carbons (Fsp3) is 0.0769. The number of hydrogen-bond acceptors (Lipinski definition) is 3. The van der Waals surface area contributed by atoms with Crippen molar-refractivity contribution in [3.05, 3.63) is 68.4 Å². The monoisotopic (exact) mass is 341 g/mol. The fourth-order valence-corrected chi connectivity index (χ4v) is 3.05. The van der Waals surface area contributed by atoms with Crippen LogP contribution in [0, 0.1) is 15.9 Å². The topological polar surface area (TPSA) is 43.1 Å². The molecule has 0 N–H and O–H groups in total. The second kappa shape index (κ2) is 6.16. The maximum absolute atomic E-state index is 13.2. The summed E-state index contributed by atoms with van der Waals surface area (Å²) in [6, 6.07) is 11.1. The van der Waals surface area contributed by atoms with E-state index in [1.54, 1.807) is 24.3 Å². The van der Waals surface area contributed by atoms with Crippen LogP contribution in [0.4, 0.5) is 10.1 Å². The predicted molar refractivity (Wildman–Crippen MR) is 76.8 cm³/mol. The lowest BCUT2D eigenvalue weighted by Crippen LogP contribution is -1.91. The Hall–Kier alpha value is -1.40. The Morgan fingerprint density at radius 3 is 2.68 bits per heavy atom. The average molecular weight is 342 g/mol. The van der Waals surface area contributed by atoms with Crippen molar-refractivity contribution in [3.8, 4) is 0 Å². The van der Waals surface area contributed by atoms with Crippen molar-refractivity contribution in [2.75, 3.05) is 0 Å². The number of rotatable bonds is 4. The molecule has 0 radical (unpaired) electrons. The Morgan fingerprint density at radius 1 is 1.26 bits per heavy atom. The van der Waals surface area contributed by atoms with Crippen LogP contribution in [0.1, 0.15) is 5.56 Å². The van der Waals surface area contributed by atoms with Gasteiger partial charge in [0.05, 0.1) is 9.82 Å². The van der Waals surface area contributed by atoms with Gasteiger partial charge < -0.3 is 0 Å². The predicted octanol–water partition coefficient (Wildman–Crippen LogP) is 4.79. The zero-order valence-electron chi connectivity index (χ0n) is 9.68. The lowest BCUT2D eigenvalue weighted by atomic mass is 10.2.